The van der Waals surface area contributed by atoms with Gasteiger partial charge in [-0.3, -0.25) is 10.1 Å². The molecule has 4 nitrogen and oxygen atoms in total. The van der Waals surface area contributed by atoms with Crippen LogP contribution in [0.4, 0.5) is 4.79 Å². The summed E-state index contributed by atoms with van der Waals surface area (Å²) in [5, 5.41) is 2.88. The minimum absolute atomic E-state index is 0.199. The Bertz CT molecular complexity index is 171. The lowest BCUT2D eigenvalue weighted by Gasteiger charge is -2.08. The number of halogens is 1. The highest BCUT2D eigenvalue weighted by molar-refractivity contribution is 9.09. The molecule has 0 radical (unpaired) electrons. The number of rotatable bonds is 2. The second-order valence-corrected chi connectivity index (χ2v) is 2.76. The summed E-state index contributed by atoms with van der Waals surface area (Å²) in [5.74, 6) is -0.217. The molecule has 0 aromatic carbocycles. The normalized spacial score (nSPS) is 17.9. The predicted molar refractivity (Wildman–Crippen MR) is 38.9 cm³/mol. The summed E-state index contributed by atoms with van der Waals surface area (Å²) in [7, 11) is 0. The van der Waals surface area contributed by atoms with E-state index in [0.29, 0.717) is 11.9 Å². The molecule has 5 heteroatoms. The van der Waals surface area contributed by atoms with E-state index in [1.165, 1.54) is 4.90 Å². The fourth-order valence-electron chi connectivity index (χ4n) is 0.766. The number of hydrogen-bond acceptors (Lipinski definition) is 2. The van der Waals surface area contributed by atoms with Gasteiger partial charge in [-0.1, -0.05) is 15.9 Å². The molecule has 0 saturated carbocycles. The van der Waals surface area contributed by atoms with Crippen LogP contribution in [0.15, 0.2) is 0 Å². The van der Waals surface area contributed by atoms with Crippen LogP contribution in [0.2, 0.25) is 0 Å². The van der Waals surface area contributed by atoms with Gasteiger partial charge in [0.15, 0.2) is 0 Å². The third-order valence-electron chi connectivity index (χ3n) is 1.22. The van der Waals surface area contributed by atoms with Crippen LogP contribution < -0.4 is 5.32 Å². The second-order valence-electron chi connectivity index (χ2n) is 1.96. The first-order valence-electron chi connectivity index (χ1n) is 2.89. The molecular formula is C5H7BrN2O2. The molecule has 1 fully saturated rings. The van der Waals surface area contributed by atoms with Crippen molar-refractivity contribution in [1.29, 1.82) is 0 Å². The number of hydrogen-bond donors (Lipinski definition) is 1. The number of amides is 3. The van der Waals surface area contributed by atoms with Crippen LogP contribution in [-0.2, 0) is 4.79 Å². The smallest absolute Gasteiger partial charge is 0.314 e. The first-order valence-corrected chi connectivity index (χ1v) is 4.01. The molecule has 0 aromatic heterocycles. The maximum atomic E-state index is 10.7. The van der Waals surface area contributed by atoms with Gasteiger partial charge in [-0.25, -0.2) is 4.79 Å². The number of alkyl halides is 1. The standard InChI is InChI=1S/C5H7BrN2O2/c6-1-2-8-3-4(9)7-5(8)10/h1-3H2,(H,7,9,10). The summed E-state index contributed by atoms with van der Waals surface area (Å²) in [6, 6.07) is -0.288. The number of imide groups is 1. The number of nitrogens with one attached hydrogen (secondary N) is 1. The van der Waals surface area contributed by atoms with Crippen molar-refractivity contribution >= 4 is 27.9 Å². The Hall–Kier alpha value is -0.580. The van der Waals surface area contributed by atoms with Gasteiger partial charge in [0.2, 0.25) is 5.91 Å². The summed E-state index contributed by atoms with van der Waals surface area (Å²) in [5.41, 5.74) is 0. The van der Waals surface area contributed by atoms with Crippen molar-refractivity contribution in [2.24, 2.45) is 0 Å². The highest BCUT2D eigenvalue weighted by atomic mass is 79.9. The van der Waals surface area contributed by atoms with Gasteiger partial charge < -0.3 is 4.90 Å². The summed E-state index contributed by atoms with van der Waals surface area (Å²) < 4.78 is 0. The maximum absolute atomic E-state index is 10.7. The second kappa shape index (κ2) is 3.01. The molecule has 1 heterocycles. The lowest BCUT2D eigenvalue weighted by molar-refractivity contribution is -0.118. The molecular weight excluding hydrogens is 200 g/mol. The van der Waals surface area contributed by atoms with Crippen LogP contribution >= 0.6 is 15.9 Å². The van der Waals surface area contributed by atoms with Gasteiger partial charge in [0, 0.05) is 11.9 Å². The highest BCUT2D eigenvalue weighted by Gasteiger charge is 2.25. The Morgan fingerprint density at radius 2 is 2.30 bits per heavy atom. The highest BCUT2D eigenvalue weighted by Crippen LogP contribution is 1.97. The monoisotopic (exact) mass is 206 g/mol. The Morgan fingerprint density at radius 1 is 1.60 bits per heavy atom. The van der Waals surface area contributed by atoms with E-state index < -0.39 is 0 Å². The van der Waals surface area contributed by atoms with Gasteiger partial charge in [0.25, 0.3) is 0 Å². The topological polar surface area (TPSA) is 49.4 Å². The number of carbonyl (C=O) groups is 2. The van der Waals surface area contributed by atoms with Crippen molar-refractivity contribution in [2.75, 3.05) is 18.4 Å². The van der Waals surface area contributed by atoms with Gasteiger partial charge in [-0.2, -0.15) is 0 Å². The lowest BCUT2D eigenvalue weighted by atomic mass is 10.6. The van der Waals surface area contributed by atoms with E-state index in [9.17, 15) is 9.59 Å². The van der Waals surface area contributed by atoms with Crippen LogP contribution in [0.25, 0.3) is 0 Å². The molecule has 1 aliphatic heterocycles. The molecule has 3 amide bonds. The van der Waals surface area contributed by atoms with Crippen LogP contribution in [0.5, 0.6) is 0 Å². The largest absolute Gasteiger partial charge is 0.324 e. The molecule has 0 atom stereocenters. The predicted octanol–water partition coefficient (Wildman–Crippen LogP) is -0.0669. The molecule has 1 saturated heterocycles. The zero-order valence-electron chi connectivity index (χ0n) is 5.26. The number of urea groups is 1. The van der Waals surface area contributed by atoms with Crippen molar-refractivity contribution in [2.45, 2.75) is 0 Å². The van der Waals surface area contributed by atoms with Gasteiger partial charge in [-0.05, 0) is 0 Å². The van der Waals surface area contributed by atoms with Crippen LogP contribution in [-0.4, -0.2) is 35.3 Å². The molecule has 0 aromatic rings. The third kappa shape index (κ3) is 1.47. The maximum Gasteiger partial charge on any atom is 0.324 e. The van der Waals surface area contributed by atoms with Gasteiger partial charge in [0.05, 0.1) is 0 Å². The van der Waals surface area contributed by atoms with E-state index in [1.807, 2.05) is 0 Å². The van der Waals surface area contributed by atoms with Gasteiger partial charge in [-0.15, -0.1) is 0 Å². The summed E-state index contributed by atoms with van der Waals surface area (Å²) in [4.78, 5) is 22.8. The van der Waals surface area contributed by atoms with E-state index in [1.54, 1.807) is 0 Å². The van der Waals surface area contributed by atoms with E-state index in [4.69, 9.17) is 0 Å². The van der Waals surface area contributed by atoms with Gasteiger partial charge in [0.1, 0.15) is 6.54 Å². The summed E-state index contributed by atoms with van der Waals surface area (Å²) >= 11 is 3.17. The Morgan fingerprint density at radius 3 is 2.70 bits per heavy atom. The van der Waals surface area contributed by atoms with Crippen molar-refractivity contribution in [3.05, 3.63) is 0 Å². The first kappa shape index (κ1) is 7.53. The molecule has 1 rings (SSSR count). The van der Waals surface area contributed by atoms with Crippen molar-refractivity contribution < 1.29 is 9.59 Å². The number of carbonyl (C=O) groups excluding carboxylic acids is 2. The van der Waals surface area contributed by atoms with E-state index in [-0.39, 0.29) is 18.5 Å². The molecule has 10 heavy (non-hydrogen) atoms. The van der Waals surface area contributed by atoms with E-state index in [2.05, 4.69) is 21.2 Å². The quantitative estimate of drug-likeness (QED) is 0.509. The fourth-order valence-corrected chi connectivity index (χ4v) is 1.19. The van der Waals surface area contributed by atoms with Crippen LogP contribution in [0.1, 0.15) is 0 Å². The van der Waals surface area contributed by atoms with Crippen LogP contribution in [0.3, 0.4) is 0 Å². The Labute approximate surface area is 66.7 Å². The molecule has 0 unspecified atom stereocenters. The fraction of sp³-hybridized carbons (Fsp3) is 0.600. The van der Waals surface area contributed by atoms with Gasteiger partial charge >= 0.3 is 6.03 Å². The SMILES string of the molecule is O=C1CN(CCBr)C(=O)N1. The van der Waals surface area contributed by atoms with Crippen molar-refractivity contribution in [1.82, 2.24) is 10.2 Å². The minimum Gasteiger partial charge on any atom is -0.314 e. The Balaban J connectivity index is 2.46. The zero-order valence-corrected chi connectivity index (χ0v) is 6.85. The molecule has 56 valence electrons. The molecule has 1 aliphatic rings. The molecule has 0 spiro atoms. The molecule has 1 N–H and O–H groups in total. The van der Waals surface area contributed by atoms with Crippen molar-refractivity contribution in [3.8, 4) is 0 Å². The molecule has 0 bridgehead atoms. The average molecular weight is 207 g/mol. The Kier molecular flexibility index (Phi) is 2.26. The summed E-state index contributed by atoms with van der Waals surface area (Å²) in [6.45, 7) is 0.780. The van der Waals surface area contributed by atoms with Crippen molar-refractivity contribution in [3.63, 3.8) is 0 Å². The molecule has 0 aliphatic carbocycles. The van der Waals surface area contributed by atoms with Crippen LogP contribution in [0, 0.1) is 0 Å². The third-order valence-corrected chi connectivity index (χ3v) is 1.58. The number of nitrogens with zero attached hydrogens (tertiary/aromatic N) is 1. The lowest BCUT2D eigenvalue weighted by Crippen LogP contribution is -2.29. The van der Waals surface area contributed by atoms with E-state index in [0.717, 1.165) is 0 Å². The summed E-state index contributed by atoms with van der Waals surface area (Å²) in [6.07, 6.45) is 0. The van der Waals surface area contributed by atoms with E-state index >= 15 is 0 Å². The zero-order chi connectivity index (χ0) is 7.56. The first-order chi connectivity index (χ1) is 4.74. The minimum atomic E-state index is -0.288. The average Bonchev–Trinajstić information content (AvgIpc) is 2.13.